The summed E-state index contributed by atoms with van der Waals surface area (Å²) in [5.74, 6) is -0.835. The molecule has 0 aliphatic rings. The molecule has 224 valence electrons. The number of aryl methyl sites for hydroxylation is 3. The number of nitrogens with zero attached hydrogens (tertiary/aromatic N) is 2. The predicted octanol–water partition coefficient (Wildman–Crippen LogP) is 5.96. The topological polar surface area (TPSA) is 86.8 Å². The Morgan fingerprint density at radius 1 is 0.814 bits per heavy atom. The van der Waals surface area contributed by atoms with Gasteiger partial charge in [0.25, 0.3) is 10.0 Å². The van der Waals surface area contributed by atoms with Crippen molar-refractivity contribution in [2.75, 3.05) is 17.9 Å². The highest BCUT2D eigenvalue weighted by Gasteiger charge is 2.34. The first-order valence-corrected chi connectivity index (χ1v) is 16.2. The molecule has 0 bridgehead atoms. The molecule has 4 aromatic carbocycles. The predicted molar refractivity (Wildman–Crippen MR) is 174 cm³/mol. The van der Waals surface area contributed by atoms with E-state index in [0.717, 1.165) is 26.7 Å². The smallest absolute Gasteiger partial charge is 0.264 e. The van der Waals surface area contributed by atoms with Gasteiger partial charge in [0.1, 0.15) is 12.6 Å². The average Bonchev–Trinajstić information content (AvgIpc) is 3.00. The van der Waals surface area contributed by atoms with Gasteiger partial charge in [0.05, 0.1) is 10.6 Å². The van der Waals surface area contributed by atoms with E-state index in [2.05, 4.69) is 21.2 Å². The summed E-state index contributed by atoms with van der Waals surface area (Å²) in [5.41, 5.74) is 4.58. The zero-order valence-corrected chi connectivity index (χ0v) is 27.2. The van der Waals surface area contributed by atoms with E-state index in [-0.39, 0.29) is 23.8 Å². The van der Waals surface area contributed by atoms with Crippen LogP contribution in [0.3, 0.4) is 0 Å². The summed E-state index contributed by atoms with van der Waals surface area (Å²) in [6.45, 7) is 5.21. The van der Waals surface area contributed by atoms with E-state index in [9.17, 15) is 18.0 Å². The Morgan fingerprint density at radius 2 is 1.44 bits per heavy atom. The lowest BCUT2D eigenvalue weighted by Gasteiger charge is -2.34. The minimum Gasteiger partial charge on any atom is -0.357 e. The molecule has 0 aliphatic carbocycles. The molecule has 0 radical (unpaired) electrons. The van der Waals surface area contributed by atoms with Crippen LogP contribution in [0.5, 0.6) is 0 Å². The van der Waals surface area contributed by atoms with Crippen LogP contribution in [0.25, 0.3) is 0 Å². The largest absolute Gasteiger partial charge is 0.357 e. The monoisotopic (exact) mass is 661 g/mol. The molecule has 9 heteroatoms. The van der Waals surface area contributed by atoms with E-state index in [4.69, 9.17) is 0 Å². The number of carbonyl (C=O) groups excluding carboxylic acids is 2. The van der Waals surface area contributed by atoms with Gasteiger partial charge in [-0.15, -0.1) is 0 Å². The van der Waals surface area contributed by atoms with Crippen molar-refractivity contribution in [2.24, 2.45) is 0 Å². The number of hydrogen-bond donors (Lipinski definition) is 1. The van der Waals surface area contributed by atoms with Gasteiger partial charge < -0.3 is 10.2 Å². The van der Waals surface area contributed by atoms with Gasteiger partial charge in [-0.25, -0.2) is 8.42 Å². The van der Waals surface area contributed by atoms with E-state index < -0.39 is 28.5 Å². The first-order chi connectivity index (χ1) is 20.5. The zero-order chi connectivity index (χ0) is 31.1. The van der Waals surface area contributed by atoms with Crippen molar-refractivity contribution in [2.45, 2.75) is 44.7 Å². The molecule has 0 saturated heterocycles. The summed E-state index contributed by atoms with van der Waals surface area (Å²) < 4.78 is 30.4. The summed E-state index contributed by atoms with van der Waals surface area (Å²) in [5, 5.41) is 2.71. The van der Waals surface area contributed by atoms with Crippen LogP contribution < -0.4 is 9.62 Å². The summed E-state index contributed by atoms with van der Waals surface area (Å²) in [7, 11) is -2.61. The van der Waals surface area contributed by atoms with E-state index >= 15 is 0 Å². The average molecular weight is 663 g/mol. The lowest BCUT2D eigenvalue weighted by Crippen LogP contribution is -2.53. The van der Waals surface area contributed by atoms with E-state index in [1.54, 1.807) is 30.3 Å². The van der Waals surface area contributed by atoms with Gasteiger partial charge >= 0.3 is 0 Å². The maximum Gasteiger partial charge on any atom is 0.264 e. The molecule has 2 amide bonds. The van der Waals surface area contributed by atoms with E-state index in [0.29, 0.717) is 11.3 Å². The van der Waals surface area contributed by atoms with Gasteiger partial charge in [-0.05, 0) is 73.4 Å². The summed E-state index contributed by atoms with van der Waals surface area (Å²) in [6.07, 6.45) is 0.261. The van der Waals surface area contributed by atoms with Crippen molar-refractivity contribution in [1.29, 1.82) is 0 Å². The molecule has 0 aromatic heterocycles. The Bertz CT molecular complexity index is 1680. The molecule has 1 unspecified atom stereocenters. The lowest BCUT2D eigenvalue weighted by atomic mass is 10.0. The highest BCUT2D eigenvalue weighted by Crippen LogP contribution is 2.29. The molecule has 7 nitrogen and oxygen atoms in total. The normalized spacial score (nSPS) is 11.9. The van der Waals surface area contributed by atoms with Crippen molar-refractivity contribution in [1.82, 2.24) is 10.2 Å². The van der Waals surface area contributed by atoms with Crippen LogP contribution >= 0.6 is 15.9 Å². The SMILES string of the molecule is CNC(=O)C(Cc1ccccc1)N(Cc1ccc(Br)cc1)C(=O)CN(c1cc(C)ccc1C)S(=O)(=O)c1ccc(C)cc1. The van der Waals surface area contributed by atoms with Crippen LogP contribution in [-0.4, -0.2) is 44.8 Å². The molecule has 1 N–H and O–H groups in total. The Kier molecular flexibility index (Phi) is 10.4. The van der Waals surface area contributed by atoms with Crippen LogP contribution in [0, 0.1) is 20.8 Å². The molecule has 0 spiro atoms. The highest BCUT2D eigenvalue weighted by molar-refractivity contribution is 9.10. The standard InChI is InChI=1S/C34H36BrN3O4S/c1-24-11-18-30(19-12-24)43(41,42)38(31-20-25(2)10-13-26(31)3)23-33(39)37(22-28-14-16-29(35)17-15-28)32(34(40)36-4)21-27-8-6-5-7-9-27/h5-20,32H,21-23H2,1-4H3,(H,36,40). The number of rotatable bonds is 11. The van der Waals surface area contributed by atoms with Crippen molar-refractivity contribution < 1.29 is 18.0 Å². The van der Waals surface area contributed by atoms with E-state index in [1.165, 1.54) is 16.3 Å². The molecule has 4 rings (SSSR count). The number of sulfonamides is 1. The van der Waals surface area contributed by atoms with Crippen molar-refractivity contribution in [3.05, 3.63) is 129 Å². The molecule has 43 heavy (non-hydrogen) atoms. The molecular formula is C34H36BrN3O4S. The number of halogens is 1. The third-order valence-corrected chi connectivity index (χ3v) is 9.61. The Balaban J connectivity index is 1.81. The van der Waals surface area contributed by atoms with Gasteiger partial charge in [0.15, 0.2) is 0 Å². The number of benzene rings is 4. The van der Waals surface area contributed by atoms with Crippen LogP contribution in [0.2, 0.25) is 0 Å². The summed E-state index contributed by atoms with van der Waals surface area (Å²) in [6, 6.07) is 28.2. The van der Waals surface area contributed by atoms with Crippen molar-refractivity contribution in [3.63, 3.8) is 0 Å². The second kappa shape index (κ2) is 14.0. The third-order valence-electron chi connectivity index (χ3n) is 7.30. The van der Waals surface area contributed by atoms with Crippen LogP contribution in [-0.2, 0) is 32.6 Å². The van der Waals surface area contributed by atoms with E-state index in [1.807, 2.05) is 87.5 Å². The number of amides is 2. The van der Waals surface area contributed by atoms with Crippen LogP contribution in [0.15, 0.2) is 106 Å². The molecule has 0 fully saturated rings. The van der Waals surface area contributed by atoms with Gasteiger partial charge in [-0.2, -0.15) is 0 Å². The number of anilines is 1. The second-order valence-electron chi connectivity index (χ2n) is 10.6. The third kappa shape index (κ3) is 7.91. The number of nitrogens with one attached hydrogen (secondary N) is 1. The minimum absolute atomic E-state index is 0.0819. The number of hydrogen-bond acceptors (Lipinski definition) is 4. The zero-order valence-electron chi connectivity index (χ0n) is 24.7. The molecule has 0 aliphatic heterocycles. The first-order valence-electron chi connectivity index (χ1n) is 14.0. The maximum atomic E-state index is 14.4. The lowest BCUT2D eigenvalue weighted by molar-refractivity contribution is -0.139. The summed E-state index contributed by atoms with van der Waals surface area (Å²) in [4.78, 5) is 29.3. The molecule has 0 heterocycles. The molecule has 1 atom stereocenters. The van der Waals surface area contributed by atoms with Crippen molar-refractivity contribution >= 4 is 43.5 Å². The molecular weight excluding hydrogens is 626 g/mol. The highest BCUT2D eigenvalue weighted by atomic mass is 79.9. The maximum absolute atomic E-state index is 14.4. The van der Waals surface area contributed by atoms with Gasteiger partial charge in [-0.1, -0.05) is 88.2 Å². The van der Waals surface area contributed by atoms with Crippen LogP contribution in [0.1, 0.15) is 27.8 Å². The number of carbonyl (C=O) groups is 2. The van der Waals surface area contributed by atoms with Crippen LogP contribution in [0.4, 0.5) is 5.69 Å². The fraction of sp³-hybridized carbons (Fsp3) is 0.235. The summed E-state index contributed by atoms with van der Waals surface area (Å²) >= 11 is 3.45. The fourth-order valence-corrected chi connectivity index (χ4v) is 6.58. The quantitative estimate of drug-likeness (QED) is 0.215. The molecule has 4 aromatic rings. The van der Waals surface area contributed by atoms with Crippen molar-refractivity contribution in [3.8, 4) is 0 Å². The number of likely N-dealkylation sites (N-methyl/N-ethyl adjacent to an activating group) is 1. The minimum atomic E-state index is -4.15. The second-order valence-corrected chi connectivity index (χ2v) is 13.4. The Morgan fingerprint density at radius 3 is 2.07 bits per heavy atom. The van der Waals surface area contributed by atoms with Gasteiger partial charge in [0.2, 0.25) is 11.8 Å². The Labute approximate surface area is 262 Å². The molecule has 0 saturated carbocycles. The van der Waals surface area contributed by atoms with Gasteiger partial charge in [0, 0.05) is 24.5 Å². The fourth-order valence-electron chi connectivity index (χ4n) is 4.85. The Hall–Kier alpha value is -3.95. The van der Waals surface area contributed by atoms with Gasteiger partial charge in [-0.3, -0.25) is 13.9 Å². The first kappa shape index (κ1) is 32.0.